The molecule has 2 aliphatic rings. The van der Waals surface area contributed by atoms with E-state index in [0.717, 1.165) is 17.7 Å². The summed E-state index contributed by atoms with van der Waals surface area (Å²) in [6, 6.07) is 7.50. The van der Waals surface area contributed by atoms with Gasteiger partial charge in [-0.1, -0.05) is 23.4 Å². The molecule has 0 aliphatic carbocycles. The van der Waals surface area contributed by atoms with Crippen LogP contribution in [0.25, 0.3) is 0 Å². The maximum Gasteiger partial charge on any atom is 0.280 e. The summed E-state index contributed by atoms with van der Waals surface area (Å²) in [6.07, 6.45) is 6.95. The first-order valence-electron chi connectivity index (χ1n) is 10.8. The highest BCUT2D eigenvalue weighted by molar-refractivity contribution is 6.05. The number of likely N-dealkylation sites (tertiary alicyclic amines) is 1. The Morgan fingerprint density at radius 3 is 2.94 bits per heavy atom. The van der Waals surface area contributed by atoms with E-state index in [9.17, 15) is 14.0 Å². The molecule has 10 heteroatoms. The highest BCUT2D eigenvalue weighted by Crippen LogP contribution is 2.28. The van der Waals surface area contributed by atoms with Crippen LogP contribution in [0.3, 0.4) is 0 Å². The molecule has 1 aromatic carbocycles. The van der Waals surface area contributed by atoms with Gasteiger partial charge in [-0.3, -0.25) is 9.59 Å². The third-order valence-electron chi connectivity index (χ3n) is 6.11. The zero-order valence-corrected chi connectivity index (χ0v) is 17.5. The Hall–Kier alpha value is -3.56. The van der Waals surface area contributed by atoms with Gasteiger partial charge in [0.15, 0.2) is 5.69 Å². The number of aryl methyl sites for hydroxylation is 1. The number of hydrogen-bond acceptors (Lipinski definition) is 5. The molecule has 1 saturated heterocycles. The van der Waals surface area contributed by atoms with Crippen molar-refractivity contribution < 1.29 is 14.0 Å². The Kier molecular flexibility index (Phi) is 5.42. The lowest BCUT2D eigenvalue weighted by atomic mass is 10.2. The van der Waals surface area contributed by atoms with Gasteiger partial charge >= 0.3 is 0 Å². The molecule has 0 spiro atoms. The lowest BCUT2D eigenvalue weighted by molar-refractivity contribution is -0.132. The number of carbonyl (C=O) groups excluding carboxylic acids is 2. The van der Waals surface area contributed by atoms with E-state index < -0.39 is 6.17 Å². The van der Waals surface area contributed by atoms with E-state index >= 15 is 0 Å². The van der Waals surface area contributed by atoms with Crippen LogP contribution in [-0.2, 0) is 24.3 Å². The van der Waals surface area contributed by atoms with Crippen LogP contribution >= 0.6 is 0 Å². The van der Waals surface area contributed by atoms with Gasteiger partial charge in [-0.05, 0) is 18.1 Å². The van der Waals surface area contributed by atoms with Gasteiger partial charge < -0.3 is 14.4 Å². The average Bonchev–Trinajstić information content (AvgIpc) is 3.58. The number of aromatic nitrogens is 5. The summed E-state index contributed by atoms with van der Waals surface area (Å²) in [4.78, 5) is 32.9. The Bertz CT molecular complexity index is 1110. The zero-order valence-electron chi connectivity index (χ0n) is 17.5. The minimum absolute atomic E-state index is 0.0818. The molecule has 2 amide bonds. The lowest BCUT2D eigenvalue weighted by Gasteiger charge is -2.24. The molecular weight excluding hydrogens is 413 g/mol. The summed E-state index contributed by atoms with van der Waals surface area (Å²) in [5.41, 5.74) is 2.28. The normalized spacial score (nSPS) is 20.0. The van der Waals surface area contributed by atoms with Gasteiger partial charge in [0, 0.05) is 44.0 Å². The average molecular weight is 437 g/mol. The first-order valence-corrected chi connectivity index (χ1v) is 10.8. The number of alkyl halides is 1. The van der Waals surface area contributed by atoms with Crippen LogP contribution in [0.5, 0.6) is 0 Å². The van der Waals surface area contributed by atoms with E-state index in [4.69, 9.17) is 0 Å². The van der Waals surface area contributed by atoms with Gasteiger partial charge in [-0.2, -0.15) is 0 Å². The molecule has 2 atom stereocenters. The van der Waals surface area contributed by atoms with Crippen molar-refractivity contribution in [1.82, 2.24) is 29.4 Å². The van der Waals surface area contributed by atoms with Crippen LogP contribution in [0, 0.1) is 0 Å². The Balaban J connectivity index is 1.24. The summed E-state index contributed by atoms with van der Waals surface area (Å²) in [7, 11) is 0. The molecule has 0 N–H and O–H groups in total. The van der Waals surface area contributed by atoms with Crippen LogP contribution in [-0.4, -0.2) is 66.6 Å². The van der Waals surface area contributed by atoms with E-state index in [2.05, 4.69) is 15.3 Å². The predicted molar refractivity (Wildman–Crippen MR) is 114 cm³/mol. The number of benzene rings is 1. The van der Waals surface area contributed by atoms with E-state index in [0.29, 0.717) is 19.6 Å². The summed E-state index contributed by atoms with van der Waals surface area (Å²) >= 11 is 0. The van der Waals surface area contributed by atoms with Crippen molar-refractivity contribution in [3.63, 3.8) is 0 Å². The third-order valence-corrected chi connectivity index (χ3v) is 6.11. The number of halogens is 1. The summed E-state index contributed by atoms with van der Waals surface area (Å²) in [5, 5.41) is 8.13. The molecule has 32 heavy (non-hydrogen) atoms. The first kappa shape index (κ1) is 20.3. The van der Waals surface area contributed by atoms with Crippen LogP contribution in [0.1, 0.15) is 28.9 Å². The third kappa shape index (κ3) is 4.00. The number of rotatable bonds is 6. The summed E-state index contributed by atoms with van der Waals surface area (Å²) in [5.74, 6) is -0.307. The van der Waals surface area contributed by atoms with Crippen molar-refractivity contribution in [3.8, 4) is 0 Å². The fraction of sp³-hybridized carbons (Fsp3) is 0.409. The number of fused-ring (bicyclic) bond motifs is 1. The van der Waals surface area contributed by atoms with Gasteiger partial charge in [0.05, 0.1) is 31.7 Å². The molecule has 1 fully saturated rings. The number of para-hydroxylation sites is 1. The van der Waals surface area contributed by atoms with Gasteiger partial charge in [0.1, 0.15) is 6.17 Å². The fourth-order valence-electron chi connectivity index (χ4n) is 4.51. The van der Waals surface area contributed by atoms with E-state index in [1.807, 2.05) is 28.8 Å². The SMILES string of the molecule is O=C(c1cn(C[C@@H]2C[C@H](F)CN2C(=O)CCn2ccnc2)nn1)N1CCc2ccccc21. The van der Waals surface area contributed by atoms with Crippen molar-refractivity contribution in [2.75, 3.05) is 18.0 Å². The first-order chi connectivity index (χ1) is 15.6. The summed E-state index contributed by atoms with van der Waals surface area (Å²) < 4.78 is 17.5. The van der Waals surface area contributed by atoms with Crippen molar-refractivity contribution in [2.45, 2.75) is 44.6 Å². The highest BCUT2D eigenvalue weighted by atomic mass is 19.1. The number of imidazole rings is 1. The largest absolute Gasteiger partial charge is 0.337 e. The maximum absolute atomic E-state index is 14.2. The smallest absolute Gasteiger partial charge is 0.280 e. The second kappa shape index (κ2) is 8.52. The second-order valence-electron chi connectivity index (χ2n) is 8.24. The van der Waals surface area contributed by atoms with E-state index in [1.165, 1.54) is 4.68 Å². The predicted octanol–water partition coefficient (Wildman–Crippen LogP) is 1.71. The Morgan fingerprint density at radius 1 is 1.22 bits per heavy atom. The van der Waals surface area contributed by atoms with Crippen molar-refractivity contribution >= 4 is 17.5 Å². The quantitative estimate of drug-likeness (QED) is 0.586. The van der Waals surface area contributed by atoms with Crippen LogP contribution in [0.15, 0.2) is 49.2 Å². The maximum atomic E-state index is 14.2. The van der Waals surface area contributed by atoms with Gasteiger partial charge in [-0.15, -0.1) is 5.10 Å². The topological polar surface area (TPSA) is 89.2 Å². The summed E-state index contributed by atoms with van der Waals surface area (Å²) in [6.45, 7) is 1.49. The standard InChI is InChI=1S/C22H24FN7O2/c23-17-11-18(30(12-17)21(31)6-8-27-10-7-24-15-27)13-28-14-19(25-26-28)22(32)29-9-5-16-3-1-2-4-20(16)29/h1-4,7,10,14-15,17-18H,5-6,8-9,11-13H2/t17-,18-/m0/s1. The Morgan fingerprint density at radius 2 is 2.09 bits per heavy atom. The molecular formula is C22H24FN7O2. The molecule has 4 heterocycles. The molecule has 9 nitrogen and oxygen atoms in total. The fourth-order valence-corrected chi connectivity index (χ4v) is 4.51. The van der Waals surface area contributed by atoms with E-state index in [-0.39, 0.29) is 42.9 Å². The van der Waals surface area contributed by atoms with Crippen LogP contribution in [0.4, 0.5) is 10.1 Å². The molecule has 0 saturated carbocycles. The van der Waals surface area contributed by atoms with Gasteiger partial charge in [-0.25, -0.2) is 14.1 Å². The second-order valence-corrected chi connectivity index (χ2v) is 8.24. The number of anilines is 1. The Labute approximate surface area is 184 Å². The van der Waals surface area contributed by atoms with Crippen LogP contribution < -0.4 is 4.90 Å². The molecule has 5 rings (SSSR count). The number of amides is 2. The number of carbonyl (C=O) groups is 2. The van der Waals surface area contributed by atoms with Crippen molar-refractivity contribution in [3.05, 3.63) is 60.4 Å². The minimum Gasteiger partial charge on any atom is -0.337 e. The monoisotopic (exact) mass is 437 g/mol. The molecule has 0 unspecified atom stereocenters. The highest BCUT2D eigenvalue weighted by Gasteiger charge is 2.36. The molecule has 0 bridgehead atoms. The molecule has 0 radical (unpaired) electrons. The lowest BCUT2D eigenvalue weighted by Crippen LogP contribution is -2.38. The van der Waals surface area contributed by atoms with Crippen molar-refractivity contribution in [1.29, 1.82) is 0 Å². The van der Waals surface area contributed by atoms with Crippen LogP contribution in [0.2, 0.25) is 0 Å². The molecule has 3 aromatic rings. The minimum atomic E-state index is -1.07. The molecule has 2 aromatic heterocycles. The van der Waals surface area contributed by atoms with Gasteiger partial charge in [0.25, 0.3) is 5.91 Å². The van der Waals surface area contributed by atoms with Gasteiger partial charge in [0.2, 0.25) is 5.91 Å². The molecule has 2 aliphatic heterocycles. The van der Waals surface area contributed by atoms with Crippen molar-refractivity contribution in [2.24, 2.45) is 0 Å². The number of hydrogen-bond donors (Lipinski definition) is 0. The number of nitrogens with zero attached hydrogens (tertiary/aromatic N) is 7. The van der Waals surface area contributed by atoms with E-state index in [1.54, 1.807) is 34.7 Å². The molecule has 166 valence electrons. The zero-order chi connectivity index (χ0) is 22.1.